The average Bonchev–Trinajstić information content (AvgIpc) is 3.72. The van der Waals surface area contributed by atoms with Crippen LogP contribution in [-0.2, 0) is 18.9 Å². The lowest BCUT2D eigenvalue weighted by Crippen LogP contribution is -2.56. The first kappa shape index (κ1) is 53.6. The number of hydrogen-bond donors (Lipinski definition) is 2. The first-order chi connectivity index (χ1) is 31.5. The quantitative estimate of drug-likeness (QED) is 0.0643. The van der Waals surface area contributed by atoms with Crippen molar-refractivity contribution in [1.82, 2.24) is 10.6 Å². The molecule has 0 radical (unpaired) electrons. The van der Waals surface area contributed by atoms with E-state index < -0.39 is 29.9 Å². The highest BCUT2D eigenvalue weighted by molar-refractivity contribution is 5.96. The Morgan fingerprint density at radius 3 is 1.31 bits per heavy atom. The molecule has 2 aliphatic rings. The molecule has 4 atom stereocenters. The highest BCUT2D eigenvalue weighted by Crippen LogP contribution is 2.48. The standard InChI is InChI=1S/C51H82N2O12/c1-10-17-24-56-39-31-37(32-40(57-25-18-11-2)44(39)60-28-21-14-5)47(54)52-35-43-46-51(65-50(8,9)64-46,49(63-43)62-30-23-16-7)36-53-48(55)38-33-41(58-26-19-12-3)45(61-29-22-15-6)42(34-38)59-27-20-13-4/h31-34,43,46,49H,10-30,35-36H2,1-9H3,(H,52,54)(H,53,55)/t43-,46-,49-,51-/m1/s1. The summed E-state index contributed by atoms with van der Waals surface area (Å²) in [6.45, 7) is 21.7. The molecule has 0 spiro atoms. The van der Waals surface area contributed by atoms with Crippen LogP contribution < -0.4 is 39.1 Å². The fraction of sp³-hybridized carbons (Fsp3) is 0.725. The summed E-state index contributed by atoms with van der Waals surface area (Å²) in [4.78, 5) is 28.4. The molecule has 2 heterocycles. The van der Waals surface area contributed by atoms with E-state index in [9.17, 15) is 9.59 Å². The summed E-state index contributed by atoms with van der Waals surface area (Å²) in [7, 11) is 0. The summed E-state index contributed by atoms with van der Waals surface area (Å²) in [5, 5.41) is 6.21. The molecule has 0 aromatic heterocycles. The largest absolute Gasteiger partial charge is 0.490 e. The lowest BCUT2D eigenvalue weighted by Gasteiger charge is -2.33. The Bertz CT molecular complexity index is 1660. The van der Waals surface area contributed by atoms with Gasteiger partial charge in [0.2, 0.25) is 11.5 Å². The Balaban J connectivity index is 1.63. The van der Waals surface area contributed by atoms with Crippen LogP contribution in [0.25, 0.3) is 0 Å². The normalized spacial score (nSPS) is 19.7. The van der Waals surface area contributed by atoms with Crippen LogP contribution in [-0.4, -0.2) is 101 Å². The first-order valence-corrected chi connectivity index (χ1v) is 24.8. The van der Waals surface area contributed by atoms with Crippen LogP contribution in [0.4, 0.5) is 0 Å². The molecule has 368 valence electrons. The molecule has 14 heteroatoms. The predicted molar refractivity (Wildman–Crippen MR) is 252 cm³/mol. The van der Waals surface area contributed by atoms with Crippen LogP contribution in [0.5, 0.6) is 34.5 Å². The molecule has 2 saturated heterocycles. The van der Waals surface area contributed by atoms with Crippen molar-refractivity contribution < 1.29 is 57.0 Å². The van der Waals surface area contributed by atoms with Crippen LogP contribution >= 0.6 is 0 Å². The SMILES string of the molecule is CCCCOc1cc(C(=O)NC[C@H]2O[C@@H](OCCCC)[C@]3(CNC(=O)c4cc(OCCCC)c(OCCCC)c(OCCCC)c4)OC(C)(C)O[C@H]23)cc(OCCCC)c1OCCCC. The van der Waals surface area contributed by atoms with Crippen molar-refractivity contribution in [2.24, 2.45) is 0 Å². The van der Waals surface area contributed by atoms with Crippen LogP contribution in [0, 0.1) is 0 Å². The second kappa shape index (κ2) is 28.3. The number of carbonyl (C=O) groups is 2. The fourth-order valence-corrected chi connectivity index (χ4v) is 7.44. The van der Waals surface area contributed by atoms with Crippen LogP contribution in [0.3, 0.4) is 0 Å². The van der Waals surface area contributed by atoms with E-state index >= 15 is 0 Å². The molecule has 2 N–H and O–H groups in total. The van der Waals surface area contributed by atoms with E-state index in [1.165, 1.54) is 0 Å². The van der Waals surface area contributed by atoms with Crippen molar-refractivity contribution >= 4 is 11.8 Å². The van der Waals surface area contributed by atoms with Gasteiger partial charge in [-0.2, -0.15) is 0 Å². The molecular weight excluding hydrogens is 833 g/mol. The smallest absolute Gasteiger partial charge is 0.251 e. The maximum absolute atomic E-state index is 14.3. The number of fused-ring (bicyclic) bond motifs is 1. The number of hydrogen-bond acceptors (Lipinski definition) is 12. The molecule has 65 heavy (non-hydrogen) atoms. The van der Waals surface area contributed by atoms with E-state index in [-0.39, 0.29) is 24.9 Å². The summed E-state index contributed by atoms with van der Waals surface area (Å²) < 4.78 is 63.7. The maximum Gasteiger partial charge on any atom is 0.251 e. The Kier molecular flexibility index (Phi) is 23.3. The zero-order valence-electron chi connectivity index (χ0n) is 41.2. The Morgan fingerprint density at radius 2 is 0.908 bits per heavy atom. The third-order valence-electron chi connectivity index (χ3n) is 11.2. The van der Waals surface area contributed by atoms with Crippen molar-refractivity contribution in [3.05, 3.63) is 35.4 Å². The molecule has 2 aromatic rings. The highest BCUT2D eigenvalue weighted by atomic mass is 16.8. The van der Waals surface area contributed by atoms with Gasteiger partial charge in [0.15, 0.2) is 40.7 Å². The zero-order valence-corrected chi connectivity index (χ0v) is 41.2. The molecule has 0 unspecified atom stereocenters. The fourth-order valence-electron chi connectivity index (χ4n) is 7.44. The lowest BCUT2D eigenvalue weighted by atomic mass is 9.94. The van der Waals surface area contributed by atoms with Gasteiger partial charge in [-0.1, -0.05) is 93.4 Å². The molecule has 0 bridgehead atoms. The highest BCUT2D eigenvalue weighted by Gasteiger charge is 2.66. The third-order valence-corrected chi connectivity index (χ3v) is 11.2. The van der Waals surface area contributed by atoms with Crippen LogP contribution in [0.15, 0.2) is 24.3 Å². The molecule has 2 amide bonds. The molecule has 4 rings (SSSR count). The Labute approximate surface area is 389 Å². The minimum atomic E-state index is -1.26. The van der Waals surface area contributed by atoms with E-state index in [4.69, 9.17) is 47.4 Å². The number of carbonyl (C=O) groups excluding carboxylic acids is 2. The molecule has 2 fully saturated rings. The van der Waals surface area contributed by atoms with Gasteiger partial charge in [0.1, 0.15) is 12.2 Å². The van der Waals surface area contributed by atoms with Crippen molar-refractivity contribution in [2.75, 3.05) is 59.3 Å². The van der Waals surface area contributed by atoms with Gasteiger partial charge in [0, 0.05) is 24.3 Å². The second-order valence-corrected chi connectivity index (χ2v) is 17.4. The van der Waals surface area contributed by atoms with E-state index in [0.29, 0.717) is 91.9 Å². The van der Waals surface area contributed by atoms with Gasteiger partial charge < -0.3 is 58.0 Å². The minimum absolute atomic E-state index is 0.00954. The van der Waals surface area contributed by atoms with Crippen molar-refractivity contribution in [3.63, 3.8) is 0 Å². The van der Waals surface area contributed by atoms with Gasteiger partial charge in [-0.25, -0.2) is 0 Å². The van der Waals surface area contributed by atoms with Crippen LogP contribution in [0.1, 0.15) is 173 Å². The minimum Gasteiger partial charge on any atom is -0.490 e. The van der Waals surface area contributed by atoms with Crippen molar-refractivity contribution in [3.8, 4) is 34.5 Å². The van der Waals surface area contributed by atoms with E-state index in [2.05, 4.69) is 59.1 Å². The number of unbranched alkanes of at least 4 members (excludes halogenated alkanes) is 7. The van der Waals surface area contributed by atoms with E-state index in [1.54, 1.807) is 24.3 Å². The molecule has 2 aliphatic heterocycles. The summed E-state index contributed by atoms with van der Waals surface area (Å²) in [5.74, 6) is 1.10. The summed E-state index contributed by atoms with van der Waals surface area (Å²) in [6, 6.07) is 6.86. The number of rotatable bonds is 34. The maximum atomic E-state index is 14.3. The lowest BCUT2D eigenvalue weighted by molar-refractivity contribution is -0.258. The van der Waals surface area contributed by atoms with Crippen molar-refractivity contribution in [2.45, 2.75) is 182 Å². The number of amides is 2. The van der Waals surface area contributed by atoms with Crippen molar-refractivity contribution in [1.29, 1.82) is 0 Å². The molecule has 0 aliphatic carbocycles. The monoisotopic (exact) mass is 915 g/mol. The third kappa shape index (κ3) is 15.8. The Hall–Kier alpha value is -3.98. The molecular formula is C51H82N2O12. The predicted octanol–water partition coefficient (Wildman–Crippen LogP) is 10.4. The number of ether oxygens (including phenoxy) is 10. The molecule has 2 aromatic carbocycles. The first-order valence-electron chi connectivity index (χ1n) is 24.8. The summed E-state index contributed by atoms with van der Waals surface area (Å²) in [6.07, 6.45) is 10.2. The summed E-state index contributed by atoms with van der Waals surface area (Å²) in [5.41, 5.74) is -0.550. The topological polar surface area (TPSA) is 150 Å². The zero-order chi connectivity index (χ0) is 47.1. The van der Waals surface area contributed by atoms with Gasteiger partial charge >= 0.3 is 0 Å². The van der Waals surface area contributed by atoms with Gasteiger partial charge in [0.05, 0.1) is 46.2 Å². The average molecular weight is 915 g/mol. The summed E-state index contributed by atoms with van der Waals surface area (Å²) >= 11 is 0. The number of nitrogens with one attached hydrogen (secondary N) is 2. The van der Waals surface area contributed by atoms with Crippen LogP contribution in [0.2, 0.25) is 0 Å². The Morgan fingerprint density at radius 1 is 0.538 bits per heavy atom. The van der Waals surface area contributed by atoms with Gasteiger partial charge in [-0.15, -0.1) is 0 Å². The van der Waals surface area contributed by atoms with Gasteiger partial charge in [-0.05, 0) is 83.1 Å². The van der Waals surface area contributed by atoms with Gasteiger partial charge in [-0.3, -0.25) is 9.59 Å². The molecule has 14 nitrogen and oxygen atoms in total. The molecule has 0 saturated carbocycles. The second-order valence-electron chi connectivity index (χ2n) is 17.4. The number of benzene rings is 2. The van der Waals surface area contributed by atoms with E-state index in [1.807, 2.05) is 13.8 Å². The van der Waals surface area contributed by atoms with Gasteiger partial charge in [0.25, 0.3) is 11.8 Å². The van der Waals surface area contributed by atoms with E-state index in [0.717, 1.165) is 89.9 Å².